The molecule has 0 saturated heterocycles. The predicted octanol–water partition coefficient (Wildman–Crippen LogP) is 2.62. The number of aryl methyl sites for hydroxylation is 1. The number of benzene rings is 2. The largest absolute Gasteiger partial charge is 0.491 e. The van der Waals surface area contributed by atoms with Crippen LogP contribution in [0.5, 0.6) is 5.75 Å². The van der Waals surface area contributed by atoms with Gasteiger partial charge in [-0.1, -0.05) is 0 Å². The van der Waals surface area contributed by atoms with E-state index in [-0.39, 0.29) is 25.4 Å². The van der Waals surface area contributed by atoms with Gasteiger partial charge in [0, 0.05) is 6.54 Å². The Morgan fingerprint density at radius 2 is 1.48 bits per heavy atom. The maximum Gasteiger partial charge on any atom is 0.338 e. The van der Waals surface area contributed by atoms with E-state index in [1.54, 1.807) is 60.9 Å². The van der Waals surface area contributed by atoms with Crippen molar-refractivity contribution in [2.24, 2.45) is 0 Å². The van der Waals surface area contributed by atoms with Gasteiger partial charge in [-0.3, -0.25) is 9.13 Å². The highest BCUT2D eigenvalue weighted by Crippen LogP contribution is 2.18. The summed E-state index contributed by atoms with van der Waals surface area (Å²) in [5.41, 5.74) is 1.65. The first-order chi connectivity index (χ1) is 15.9. The second-order valence-corrected chi connectivity index (χ2v) is 7.27. The van der Waals surface area contributed by atoms with Crippen molar-refractivity contribution in [1.82, 2.24) is 9.13 Å². The van der Waals surface area contributed by atoms with Crippen LogP contribution in [-0.2, 0) is 22.6 Å². The van der Waals surface area contributed by atoms with E-state index in [1.165, 1.54) is 4.57 Å². The fourth-order valence-corrected chi connectivity index (χ4v) is 3.50. The molecule has 0 aliphatic rings. The lowest BCUT2D eigenvalue weighted by Gasteiger charge is -2.13. The molecule has 1 N–H and O–H groups in total. The Balaban J connectivity index is 1.75. The Morgan fingerprint density at radius 3 is 2.09 bits per heavy atom. The summed E-state index contributed by atoms with van der Waals surface area (Å²) in [4.78, 5) is 36.8. The number of aromatic nitrogens is 2. The minimum atomic E-state index is -0.991. The van der Waals surface area contributed by atoms with E-state index in [0.717, 1.165) is 0 Å². The van der Waals surface area contributed by atoms with Crippen molar-refractivity contribution < 1.29 is 28.9 Å². The van der Waals surface area contributed by atoms with Gasteiger partial charge in [0.25, 0.3) is 0 Å². The second-order valence-electron chi connectivity index (χ2n) is 7.27. The lowest BCUT2D eigenvalue weighted by molar-refractivity contribution is 0.0516. The van der Waals surface area contributed by atoms with Crippen LogP contribution in [0, 0.1) is 0 Å². The summed E-state index contributed by atoms with van der Waals surface area (Å²) in [5.74, 6) is -0.425. The van der Waals surface area contributed by atoms with E-state index in [0.29, 0.717) is 41.1 Å². The van der Waals surface area contributed by atoms with Gasteiger partial charge in [0.15, 0.2) is 0 Å². The molecule has 0 radical (unpaired) electrons. The SMILES string of the molecule is CCOC(=O)c1ccc(OCC(O)Cn2c(=O)n(CC)c3ccc(C(=O)OCC)cc32)cc1. The van der Waals surface area contributed by atoms with Crippen LogP contribution in [0.1, 0.15) is 41.5 Å². The second kappa shape index (κ2) is 10.8. The number of fused-ring (bicyclic) bond motifs is 1. The molecule has 0 amide bonds. The average Bonchev–Trinajstić information content (AvgIpc) is 3.08. The summed E-state index contributed by atoms with van der Waals surface area (Å²) >= 11 is 0. The fourth-order valence-electron chi connectivity index (χ4n) is 3.50. The summed E-state index contributed by atoms with van der Waals surface area (Å²) in [7, 11) is 0. The van der Waals surface area contributed by atoms with E-state index >= 15 is 0 Å². The molecular weight excluding hydrogens is 428 g/mol. The van der Waals surface area contributed by atoms with Crippen LogP contribution in [0.25, 0.3) is 11.0 Å². The molecule has 3 aromatic rings. The Morgan fingerprint density at radius 1 is 0.879 bits per heavy atom. The number of hydrogen-bond acceptors (Lipinski definition) is 7. The zero-order chi connectivity index (χ0) is 24.0. The number of rotatable bonds is 10. The lowest BCUT2D eigenvalue weighted by atomic mass is 10.2. The summed E-state index contributed by atoms with van der Waals surface area (Å²) in [6, 6.07) is 11.3. The Bertz CT molecular complexity index is 1180. The molecule has 0 spiro atoms. The third-order valence-electron chi connectivity index (χ3n) is 5.05. The van der Waals surface area contributed by atoms with Gasteiger partial charge < -0.3 is 19.3 Å². The van der Waals surface area contributed by atoms with Gasteiger partial charge in [-0.25, -0.2) is 14.4 Å². The van der Waals surface area contributed by atoms with Crippen LogP contribution < -0.4 is 10.4 Å². The monoisotopic (exact) mass is 456 g/mol. The summed E-state index contributed by atoms with van der Waals surface area (Å²) in [6.45, 7) is 6.20. The van der Waals surface area contributed by atoms with Crippen LogP contribution in [0.3, 0.4) is 0 Å². The molecule has 0 saturated carbocycles. The third kappa shape index (κ3) is 5.43. The number of esters is 2. The van der Waals surface area contributed by atoms with Crippen molar-refractivity contribution >= 4 is 23.0 Å². The molecule has 3 rings (SSSR count). The molecular formula is C24H28N2O7. The quantitative estimate of drug-likeness (QED) is 0.467. The predicted molar refractivity (Wildman–Crippen MR) is 122 cm³/mol. The first kappa shape index (κ1) is 24.1. The first-order valence-electron chi connectivity index (χ1n) is 10.9. The fraction of sp³-hybridized carbons (Fsp3) is 0.375. The number of nitrogens with zero attached hydrogens (tertiary/aromatic N) is 2. The number of ether oxygens (including phenoxy) is 3. The van der Waals surface area contributed by atoms with E-state index in [1.807, 2.05) is 6.92 Å². The van der Waals surface area contributed by atoms with Crippen LogP contribution >= 0.6 is 0 Å². The number of carbonyl (C=O) groups excluding carboxylic acids is 2. The average molecular weight is 456 g/mol. The minimum absolute atomic E-state index is 0.0183. The maximum atomic E-state index is 12.9. The highest BCUT2D eigenvalue weighted by molar-refractivity contribution is 5.93. The van der Waals surface area contributed by atoms with Gasteiger partial charge in [-0.05, 0) is 63.2 Å². The molecule has 2 aromatic carbocycles. The van der Waals surface area contributed by atoms with Gasteiger partial charge in [0.2, 0.25) is 0 Å². The summed E-state index contributed by atoms with van der Waals surface area (Å²) < 4.78 is 18.6. The van der Waals surface area contributed by atoms with E-state index in [2.05, 4.69) is 0 Å². The van der Waals surface area contributed by atoms with Gasteiger partial charge >= 0.3 is 17.6 Å². The standard InChI is InChI=1S/C24H28N2O7/c1-4-25-20-12-9-17(23(29)32-6-3)13-21(20)26(24(25)30)14-18(27)15-33-19-10-7-16(8-11-19)22(28)31-5-2/h7-13,18,27H,4-6,14-15H2,1-3H3. The van der Waals surface area contributed by atoms with Crippen molar-refractivity contribution in [2.45, 2.75) is 40.0 Å². The molecule has 0 bridgehead atoms. The van der Waals surface area contributed by atoms with Crippen LogP contribution in [0.4, 0.5) is 0 Å². The molecule has 1 heterocycles. The Labute approximate surface area is 191 Å². The highest BCUT2D eigenvalue weighted by Gasteiger charge is 2.18. The van der Waals surface area contributed by atoms with Crippen LogP contribution in [-0.4, -0.2) is 52.1 Å². The zero-order valence-electron chi connectivity index (χ0n) is 18.9. The zero-order valence-corrected chi connectivity index (χ0v) is 18.9. The van der Waals surface area contributed by atoms with Gasteiger partial charge in [0.05, 0.1) is 41.9 Å². The number of aliphatic hydroxyl groups excluding tert-OH is 1. The Hall–Kier alpha value is -3.59. The van der Waals surface area contributed by atoms with Gasteiger partial charge in [0.1, 0.15) is 18.5 Å². The highest BCUT2D eigenvalue weighted by atomic mass is 16.5. The van der Waals surface area contributed by atoms with Crippen molar-refractivity contribution in [1.29, 1.82) is 0 Å². The number of aliphatic hydroxyl groups is 1. The minimum Gasteiger partial charge on any atom is -0.491 e. The molecule has 1 atom stereocenters. The van der Waals surface area contributed by atoms with E-state index in [9.17, 15) is 19.5 Å². The molecule has 9 nitrogen and oxygen atoms in total. The van der Waals surface area contributed by atoms with Gasteiger partial charge in [-0.2, -0.15) is 0 Å². The van der Waals surface area contributed by atoms with Crippen LogP contribution in [0.2, 0.25) is 0 Å². The summed E-state index contributed by atoms with van der Waals surface area (Å²) in [5, 5.41) is 10.5. The third-order valence-corrected chi connectivity index (χ3v) is 5.05. The van der Waals surface area contributed by atoms with Crippen molar-refractivity contribution in [3.8, 4) is 5.75 Å². The van der Waals surface area contributed by atoms with Crippen LogP contribution in [0.15, 0.2) is 47.3 Å². The molecule has 0 aliphatic carbocycles. The topological polar surface area (TPSA) is 109 Å². The van der Waals surface area contributed by atoms with E-state index in [4.69, 9.17) is 14.2 Å². The van der Waals surface area contributed by atoms with E-state index < -0.39 is 18.0 Å². The van der Waals surface area contributed by atoms with Crippen molar-refractivity contribution in [2.75, 3.05) is 19.8 Å². The number of hydrogen-bond donors (Lipinski definition) is 1. The smallest absolute Gasteiger partial charge is 0.338 e. The summed E-state index contributed by atoms with van der Waals surface area (Å²) in [6.07, 6.45) is -0.991. The number of carbonyl (C=O) groups is 2. The normalized spacial score (nSPS) is 11.9. The molecule has 1 aromatic heterocycles. The molecule has 33 heavy (non-hydrogen) atoms. The van der Waals surface area contributed by atoms with Gasteiger partial charge in [-0.15, -0.1) is 0 Å². The van der Waals surface area contributed by atoms with Crippen molar-refractivity contribution in [3.05, 3.63) is 64.1 Å². The maximum absolute atomic E-state index is 12.9. The molecule has 0 aliphatic heterocycles. The van der Waals surface area contributed by atoms with Crippen molar-refractivity contribution in [3.63, 3.8) is 0 Å². The lowest BCUT2D eigenvalue weighted by Crippen LogP contribution is -2.31. The molecule has 0 fully saturated rings. The molecule has 1 unspecified atom stereocenters. The Kier molecular flexibility index (Phi) is 7.89. The number of imidazole rings is 1. The first-order valence-corrected chi connectivity index (χ1v) is 10.9. The molecule has 176 valence electrons. The molecule has 9 heteroatoms.